The molecule has 0 saturated carbocycles. The number of aryl methyl sites for hydroxylation is 1. The first-order valence-corrected chi connectivity index (χ1v) is 11.3. The molecule has 3 aromatic rings. The highest BCUT2D eigenvalue weighted by Crippen LogP contribution is 2.32. The Bertz CT molecular complexity index is 1110. The molecule has 6 nitrogen and oxygen atoms in total. The molecule has 4 rings (SSSR count). The van der Waals surface area contributed by atoms with Gasteiger partial charge in [-0.05, 0) is 66.6 Å². The smallest absolute Gasteiger partial charge is 0.211 e. The van der Waals surface area contributed by atoms with Gasteiger partial charge in [0.25, 0.3) is 0 Å². The van der Waals surface area contributed by atoms with Crippen molar-refractivity contribution in [2.75, 3.05) is 24.7 Å². The van der Waals surface area contributed by atoms with Gasteiger partial charge in [-0.25, -0.2) is 12.7 Å². The monoisotopic (exact) mass is 396 g/mol. The summed E-state index contributed by atoms with van der Waals surface area (Å²) in [5.41, 5.74) is 4.27. The summed E-state index contributed by atoms with van der Waals surface area (Å²) in [7, 11) is -3.11. The first-order valence-electron chi connectivity index (χ1n) is 9.42. The molecule has 0 spiro atoms. The zero-order valence-corrected chi connectivity index (χ0v) is 16.9. The molecule has 1 aliphatic heterocycles. The second-order valence-electron chi connectivity index (χ2n) is 7.39. The number of nitrogens with zero attached hydrogens (tertiary/aromatic N) is 3. The van der Waals surface area contributed by atoms with Gasteiger partial charge in [0, 0.05) is 54.5 Å². The summed E-state index contributed by atoms with van der Waals surface area (Å²) in [4.78, 5) is 8.58. The predicted octanol–water partition coefficient (Wildman–Crippen LogP) is 3.44. The number of aromatic nitrogens is 2. The van der Waals surface area contributed by atoms with Crippen LogP contribution in [-0.4, -0.2) is 48.1 Å². The van der Waals surface area contributed by atoms with Crippen molar-refractivity contribution in [1.29, 1.82) is 0 Å². The van der Waals surface area contributed by atoms with Crippen molar-refractivity contribution in [3.63, 3.8) is 0 Å². The van der Waals surface area contributed by atoms with E-state index in [0.717, 1.165) is 46.1 Å². The van der Waals surface area contributed by atoms with Crippen LogP contribution in [0, 0.1) is 6.92 Å². The van der Waals surface area contributed by atoms with E-state index in [-0.39, 0.29) is 6.04 Å². The lowest BCUT2D eigenvalue weighted by atomic mass is 9.99. The molecule has 0 atom stereocenters. The lowest BCUT2D eigenvalue weighted by Gasteiger charge is -2.31. The van der Waals surface area contributed by atoms with E-state index in [1.54, 1.807) is 10.5 Å². The summed E-state index contributed by atoms with van der Waals surface area (Å²) in [5, 5.41) is 5.84. The summed E-state index contributed by atoms with van der Waals surface area (Å²) in [6.07, 6.45) is 8.36. The fourth-order valence-corrected chi connectivity index (χ4v) is 4.64. The molecular weight excluding hydrogens is 372 g/mol. The number of nitrogens with one attached hydrogen (secondary N) is 1. The van der Waals surface area contributed by atoms with Crippen LogP contribution in [0.4, 0.5) is 5.69 Å². The van der Waals surface area contributed by atoms with Gasteiger partial charge in [0.05, 0.1) is 6.26 Å². The molecule has 0 bridgehead atoms. The number of hydrogen-bond acceptors (Lipinski definition) is 5. The first kappa shape index (κ1) is 18.8. The van der Waals surface area contributed by atoms with Crippen LogP contribution in [-0.2, 0) is 10.0 Å². The van der Waals surface area contributed by atoms with Crippen LogP contribution in [0.15, 0.2) is 48.9 Å². The van der Waals surface area contributed by atoms with Crippen LogP contribution in [0.3, 0.4) is 0 Å². The second-order valence-corrected chi connectivity index (χ2v) is 9.37. The number of hydrogen-bond donors (Lipinski definition) is 1. The summed E-state index contributed by atoms with van der Waals surface area (Å²) in [6, 6.07) is 10.7. The number of anilines is 1. The molecule has 1 saturated heterocycles. The van der Waals surface area contributed by atoms with E-state index in [1.165, 1.54) is 6.26 Å². The second kappa shape index (κ2) is 7.48. The fraction of sp³-hybridized carbons (Fsp3) is 0.333. The maximum atomic E-state index is 11.7. The van der Waals surface area contributed by atoms with E-state index < -0.39 is 10.0 Å². The molecule has 28 heavy (non-hydrogen) atoms. The number of pyridine rings is 2. The fourth-order valence-electron chi connectivity index (χ4n) is 3.76. The third-order valence-electron chi connectivity index (χ3n) is 5.27. The Morgan fingerprint density at radius 3 is 2.57 bits per heavy atom. The topological polar surface area (TPSA) is 75.2 Å². The van der Waals surface area contributed by atoms with Crippen LogP contribution < -0.4 is 5.32 Å². The van der Waals surface area contributed by atoms with Gasteiger partial charge in [-0.2, -0.15) is 0 Å². The lowest BCUT2D eigenvalue weighted by Crippen LogP contribution is -2.41. The van der Waals surface area contributed by atoms with Gasteiger partial charge in [0.15, 0.2) is 0 Å². The Morgan fingerprint density at radius 1 is 1.07 bits per heavy atom. The minimum absolute atomic E-state index is 0.232. The van der Waals surface area contributed by atoms with Crippen molar-refractivity contribution in [2.45, 2.75) is 25.8 Å². The zero-order valence-electron chi connectivity index (χ0n) is 16.1. The summed E-state index contributed by atoms with van der Waals surface area (Å²) >= 11 is 0. The van der Waals surface area contributed by atoms with Crippen LogP contribution in [0.25, 0.3) is 21.9 Å². The average Bonchev–Trinajstić information content (AvgIpc) is 2.67. The third-order valence-corrected chi connectivity index (χ3v) is 6.57. The summed E-state index contributed by atoms with van der Waals surface area (Å²) in [5.74, 6) is 0. The molecule has 1 fully saturated rings. The molecule has 0 aliphatic carbocycles. The van der Waals surface area contributed by atoms with Crippen LogP contribution in [0.2, 0.25) is 0 Å². The Hall–Kier alpha value is -2.51. The summed E-state index contributed by atoms with van der Waals surface area (Å²) < 4.78 is 25.1. The van der Waals surface area contributed by atoms with Crippen LogP contribution in [0.5, 0.6) is 0 Å². The number of benzene rings is 1. The standard InChI is InChI=1S/C21H24N4O2S/c1-15-11-16(4-8-23-15)18-12-17-3-7-22-14-20(17)21(13-18)24-19-5-9-25(10-6-19)28(2,26)27/h3-4,7-8,11-14,19,24H,5-6,9-10H2,1-2H3. The number of fused-ring (bicyclic) bond motifs is 1. The van der Waals surface area contributed by atoms with E-state index in [0.29, 0.717) is 13.1 Å². The maximum absolute atomic E-state index is 11.7. The van der Waals surface area contributed by atoms with Gasteiger partial charge >= 0.3 is 0 Å². The van der Waals surface area contributed by atoms with Crippen molar-refractivity contribution in [2.24, 2.45) is 0 Å². The van der Waals surface area contributed by atoms with Gasteiger partial charge < -0.3 is 5.32 Å². The number of rotatable bonds is 4. The highest BCUT2D eigenvalue weighted by atomic mass is 32.2. The zero-order chi connectivity index (χ0) is 19.7. The minimum Gasteiger partial charge on any atom is -0.382 e. The number of sulfonamides is 1. The van der Waals surface area contributed by atoms with Gasteiger partial charge in [0.2, 0.25) is 10.0 Å². The normalized spacial score (nSPS) is 16.4. The molecule has 1 aromatic carbocycles. The molecule has 0 unspecified atom stereocenters. The van der Waals surface area contributed by atoms with Crippen molar-refractivity contribution >= 4 is 26.5 Å². The highest BCUT2D eigenvalue weighted by molar-refractivity contribution is 7.88. The van der Waals surface area contributed by atoms with Crippen molar-refractivity contribution in [1.82, 2.24) is 14.3 Å². The number of piperidine rings is 1. The summed E-state index contributed by atoms with van der Waals surface area (Å²) in [6.45, 7) is 3.09. The molecule has 146 valence electrons. The van der Waals surface area contributed by atoms with E-state index >= 15 is 0 Å². The van der Waals surface area contributed by atoms with Crippen molar-refractivity contribution in [3.05, 3.63) is 54.6 Å². The Labute approximate surface area is 165 Å². The molecule has 1 aliphatic rings. The van der Waals surface area contributed by atoms with Gasteiger partial charge in [-0.1, -0.05) is 0 Å². The Kier molecular flexibility index (Phi) is 5.03. The van der Waals surface area contributed by atoms with Crippen molar-refractivity contribution in [3.8, 4) is 11.1 Å². The van der Waals surface area contributed by atoms with Crippen LogP contribution in [0.1, 0.15) is 18.5 Å². The average molecular weight is 397 g/mol. The quantitative estimate of drug-likeness (QED) is 0.731. The van der Waals surface area contributed by atoms with Gasteiger partial charge in [-0.3, -0.25) is 9.97 Å². The Balaban J connectivity index is 1.65. The molecular formula is C21H24N4O2S. The van der Waals surface area contributed by atoms with E-state index in [2.05, 4.69) is 33.5 Å². The van der Waals surface area contributed by atoms with E-state index in [9.17, 15) is 8.42 Å². The Morgan fingerprint density at radius 2 is 1.86 bits per heavy atom. The largest absolute Gasteiger partial charge is 0.382 e. The molecule has 0 radical (unpaired) electrons. The van der Waals surface area contributed by atoms with Gasteiger partial charge in [-0.15, -0.1) is 0 Å². The SMILES string of the molecule is Cc1cc(-c2cc(NC3CCN(S(C)(=O)=O)CC3)c3cnccc3c2)ccn1. The van der Waals surface area contributed by atoms with Crippen molar-refractivity contribution < 1.29 is 8.42 Å². The van der Waals surface area contributed by atoms with Gasteiger partial charge in [0.1, 0.15) is 0 Å². The predicted molar refractivity (Wildman–Crippen MR) is 113 cm³/mol. The highest BCUT2D eigenvalue weighted by Gasteiger charge is 2.25. The molecule has 2 aromatic heterocycles. The molecule has 1 N–H and O–H groups in total. The first-order chi connectivity index (χ1) is 13.4. The van der Waals surface area contributed by atoms with E-state index in [4.69, 9.17) is 0 Å². The van der Waals surface area contributed by atoms with Crippen LogP contribution >= 0.6 is 0 Å². The van der Waals surface area contributed by atoms with E-state index in [1.807, 2.05) is 31.5 Å². The lowest BCUT2D eigenvalue weighted by molar-refractivity contribution is 0.332. The molecule has 0 amide bonds. The molecule has 7 heteroatoms. The minimum atomic E-state index is -3.11. The third kappa shape index (κ3) is 4.00. The molecule has 3 heterocycles. The maximum Gasteiger partial charge on any atom is 0.211 e.